The van der Waals surface area contributed by atoms with E-state index in [0.29, 0.717) is 11.8 Å². The molecule has 2 unspecified atom stereocenters. The molecule has 144 valence electrons. The Morgan fingerprint density at radius 1 is 0.815 bits per heavy atom. The van der Waals surface area contributed by atoms with E-state index in [0.717, 1.165) is 18.3 Å². The molecule has 0 aromatic heterocycles. The quantitative estimate of drug-likeness (QED) is 0.615. The number of benzene rings is 2. The number of hydrogen-bond acceptors (Lipinski definition) is 2. The molecule has 0 bridgehead atoms. The van der Waals surface area contributed by atoms with Gasteiger partial charge in [-0.05, 0) is 69.0 Å². The van der Waals surface area contributed by atoms with Crippen molar-refractivity contribution in [1.29, 1.82) is 0 Å². The van der Waals surface area contributed by atoms with Crippen LogP contribution in [-0.2, 0) is 9.31 Å². The van der Waals surface area contributed by atoms with Crippen LogP contribution < -0.4 is 5.46 Å². The molecule has 0 amide bonds. The largest absolute Gasteiger partial charge is 0.494 e. The van der Waals surface area contributed by atoms with Crippen molar-refractivity contribution < 1.29 is 9.31 Å². The zero-order chi connectivity index (χ0) is 19.7. The van der Waals surface area contributed by atoms with Gasteiger partial charge in [0.1, 0.15) is 0 Å². The second kappa shape index (κ2) is 7.81. The van der Waals surface area contributed by atoms with Gasteiger partial charge >= 0.3 is 7.12 Å². The summed E-state index contributed by atoms with van der Waals surface area (Å²) in [4.78, 5) is 0. The van der Waals surface area contributed by atoms with Crippen LogP contribution in [0.25, 0.3) is 0 Å². The smallest absolute Gasteiger partial charge is 0.399 e. The minimum atomic E-state index is -0.298. The Bertz CT molecular complexity index is 721. The molecule has 2 aromatic carbocycles. The first-order valence-electron chi connectivity index (χ1n) is 10.2. The highest BCUT2D eigenvalue weighted by Gasteiger charge is 2.51. The highest BCUT2D eigenvalue weighted by molar-refractivity contribution is 6.62. The Balaban J connectivity index is 1.70. The maximum absolute atomic E-state index is 6.18. The Morgan fingerprint density at radius 2 is 1.37 bits per heavy atom. The summed E-state index contributed by atoms with van der Waals surface area (Å²) in [5.74, 6) is 1.12. The van der Waals surface area contributed by atoms with Crippen LogP contribution in [-0.4, -0.2) is 18.3 Å². The Kier molecular flexibility index (Phi) is 5.83. The van der Waals surface area contributed by atoms with Crippen LogP contribution in [0.5, 0.6) is 0 Å². The van der Waals surface area contributed by atoms with E-state index in [1.807, 2.05) is 0 Å². The van der Waals surface area contributed by atoms with Crippen LogP contribution in [0.3, 0.4) is 0 Å². The van der Waals surface area contributed by atoms with Crippen molar-refractivity contribution in [3.05, 3.63) is 65.7 Å². The van der Waals surface area contributed by atoms with Gasteiger partial charge in [-0.25, -0.2) is 0 Å². The minimum absolute atomic E-state index is 0.285. The van der Waals surface area contributed by atoms with Gasteiger partial charge < -0.3 is 9.31 Å². The van der Waals surface area contributed by atoms with E-state index in [1.54, 1.807) is 0 Å². The van der Waals surface area contributed by atoms with Crippen molar-refractivity contribution in [2.45, 2.75) is 77.4 Å². The average Bonchev–Trinajstić information content (AvgIpc) is 2.88. The first-order chi connectivity index (χ1) is 12.7. The second-order valence-corrected chi connectivity index (χ2v) is 8.91. The van der Waals surface area contributed by atoms with E-state index in [2.05, 4.69) is 96.1 Å². The van der Waals surface area contributed by atoms with Gasteiger partial charge in [0.05, 0.1) is 11.2 Å². The predicted molar refractivity (Wildman–Crippen MR) is 115 cm³/mol. The third kappa shape index (κ3) is 4.30. The SMILES string of the molecule is CCC(CC(C)c1ccccc1)c1ccc(B2OC(C)(C)C(C)(C)O2)cc1. The van der Waals surface area contributed by atoms with Crippen LogP contribution in [0.4, 0.5) is 0 Å². The topological polar surface area (TPSA) is 18.5 Å². The van der Waals surface area contributed by atoms with Gasteiger partial charge in [0, 0.05) is 0 Å². The van der Waals surface area contributed by atoms with Crippen molar-refractivity contribution in [2.24, 2.45) is 0 Å². The van der Waals surface area contributed by atoms with Crippen LogP contribution in [0.1, 0.15) is 77.3 Å². The molecule has 0 spiro atoms. The Labute approximate surface area is 165 Å². The van der Waals surface area contributed by atoms with Crippen molar-refractivity contribution in [3.63, 3.8) is 0 Å². The van der Waals surface area contributed by atoms with Gasteiger partial charge in [0.25, 0.3) is 0 Å². The van der Waals surface area contributed by atoms with Crippen molar-refractivity contribution in [1.82, 2.24) is 0 Å². The lowest BCUT2D eigenvalue weighted by Crippen LogP contribution is -2.41. The highest BCUT2D eigenvalue weighted by Crippen LogP contribution is 2.37. The van der Waals surface area contributed by atoms with E-state index in [1.165, 1.54) is 11.1 Å². The summed E-state index contributed by atoms with van der Waals surface area (Å²) in [6.45, 7) is 13.0. The summed E-state index contributed by atoms with van der Waals surface area (Å²) in [5, 5.41) is 0. The fourth-order valence-electron chi connectivity index (χ4n) is 3.79. The summed E-state index contributed by atoms with van der Waals surface area (Å²) >= 11 is 0. The summed E-state index contributed by atoms with van der Waals surface area (Å²) in [6.07, 6.45) is 2.31. The maximum Gasteiger partial charge on any atom is 0.494 e. The first kappa shape index (κ1) is 20.2. The molecule has 0 radical (unpaired) electrons. The van der Waals surface area contributed by atoms with Gasteiger partial charge in [-0.1, -0.05) is 68.4 Å². The molecule has 0 N–H and O–H groups in total. The molecule has 2 atom stereocenters. The normalized spacial score (nSPS) is 20.4. The van der Waals surface area contributed by atoms with Gasteiger partial charge in [0.15, 0.2) is 0 Å². The minimum Gasteiger partial charge on any atom is -0.399 e. The van der Waals surface area contributed by atoms with Gasteiger partial charge in [-0.3, -0.25) is 0 Å². The summed E-state index contributed by atoms with van der Waals surface area (Å²) in [6, 6.07) is 19.7. The summed E-state index contributed by atoms with van der Waals surface area (Å²) < 4.78 is 12.4. The molecule has 1 aliphatic heterocycles. The lowest BCUT2D eigenvalue weighted by atomic mass is 9.77. The fourth-order valence-corrected chi connectivity index (χ4v) is 3.79. The Hall–Kier alpha value is -1.58. The molecule has 0 saturated carbocycles. The lowest BCUT2D eigenvalue weighted by Gasteiger charge is -2.32. The molecule has 1 heterocycles. The van der Waals surface area contributed by atoms with E-state index in [9.17, 15) is 0 Å². The van der Waals surface area contributed by atoms with Crippen molar-refractivity contribution >= 4 is 12.6 Å². The van der Waals surface area contributed by atoms with Crippen LogP contribution >= 0.6 is 0 Å². The van der Waals surface area contributed by atoms with Crippen LogP contribution in [0.15, 0.2) is 54.6 Å². The standard InChI is InChI=1S/C24H33BO2/c1-7-19(17-18(2)20-11-9-8-10-12-20)21-13-15-22(16-14-21)25-26-23(3,4)24(5,6)27-25/h8-16,18-19H,7,17H2,1-6H3. The second-order valence-electron chi connectivity index (χ2n) is 8.91. The molecule has 3 heteroatoms. The van der Waals surface area contributed by atoms with E-state index in [-0.39, 0.29) is 18.3 Å². The molecular formula is C24H33BO2. The van der Waals surface area contributed by atoms with Gasteiger partial charge in [-0.2, -0.15) is 0 Å². The molecule has 27 heavy (non-hydrogen) atoms. The zero-order valence-corrected chi connectivity index (χ0v) is 17.7. The molecule has 1 fully saturated rings. The third-order valence-electron chi connectivity index (χ3n) is 6.43. The molecule has 2 nitrogen and oxygen atoms in total. The van der Waals surface area contributed by atoms with Crippen LogP contribution in [0, 0.1) is 0 Å². The van der Waals surface area contributed by atoms with Crippen molar-refractivity contribution in [3.8, 4) is 0 Å². The molecular weight excluding hydrogens is 331 g/mol. The predicted octanol–water partition coefficient (Wildman–Crippen LogP) is 5.67. The number of hydrogen-bond donors (Lipinski definition) is 0. The van der Waals surface area contributed by atoms with E-state index < -0.39 is 0 Å². The summed E-state index contributed by atoms with van der Waals surface area (Å²) in [7, 11) is -0.285. The van der Waals surface area contributed by atoms with Crippen molar-refractivity contribution in [2.75, 3.05) is 0 Å². The zero-order valence-electron chi connectivity index (χ0n) is 17.7. The first-order valence-corrected chi connectivity index (χ1v) is 10.2. The van der Waals surface area contributed by atoms with E-state index in [4.69, 9.17) is 9.31 Å². The molecule has 2 aromatic rings. The van der Waals surface area contributed by atoms with Gasteiger partial charge in [-0.15, -0.1) is 0 Å². The average molecular weight is 364 g/mol. The summed E-state index contributed by atoms with van der Waals surface area (Å²) in [5.41, 5.74) is 3.33. The third-order valence-corrected chi connectivity index (χ3v) is 6.43. The fraction of sp³-hybridized carbons (Fsp3) is 0.500. The lowest BCUT2D eigenvalue weighted by molar-refractivity contribution is 0.00578. The monoisotopic (exact) mass is 364 g/mol. The number of rotatable bonds is 6. The Morgan fingerprint density at radius 3 is 1.89 bits per heavy atom. The highest BCUT2D eigenvalue weighted by atomic mass is 16.7. The molecule has 3 rings (SSSR count). The van der Waals surface area contributed by atoms with Crippen LogP contribution in [0.2, 0.25) is 0 Å². The molecule has 1 aliphatic rings. The van der Waals surface area contributed by atoms with Gasteiger partial charge in [0.2, 0.25) is 0 Å². The molecule has 0 aliphatic carbocycles. The maximum atomic E-state index is 6.18. The molecule has 1 saturated heterocycles. The van der Waals surface area contributed by atoms with E-state index >= 15 is 0 Å².